The van der Waals surface area contributed by atoms with E-state index in [2.05, 4.69) is 33.4 Å². The Morgan fingerprint density at radius 2 is 2.21 bits per heavy atom. The van der Waals surface area contributed by atoms with Gasteiger partial charge < -0.3 is 0 Å². The van der Waals surface area contributed by atoms with Gasteiger partial charge in [-0.2, -0.15) is 0 Å². The summed E-state index contributed by atoms with van der Waals surface area (Å²) in [6, 6.07) is 0. The van der Waals surface area contributed by atoms with Crippen LogP contribution in [0.4, 0.5) is 0 Å². The Morgan fingerprint density at radius 1 is 1.57 bits per heavy atom. The van der Waals surface area contributed by atoms with Crippen LogP contribution in [0.2, 0.25) is 0 Å². The molecule has 1 nitrogen and oxygen atoms in total. The van der Waals surface area contributed by atoms with Crippen molar-refractivity contribution in [3.8, 4) is 0 Å². The summed E-state index contributed by atoms with van der Waals surface area (Å²) >= 11 is 0. The smallest absolute Gasteiger partial charge is 0.199 e. The summed E-state index contributed by atoms with van der Waals surface area (Å²) < 4.78 is 0. The van der Waals surface area contributed by atoms with Crippen LogP contribution >= 0.6 is 0 Å². The molecule has 0 saturated heterocycles. The van der Waals surface area contributed by atoms with E-state index in [9.17, 15) is 4.79 Å². The molecule has 0 aliphatic carbocycles. The van der Waals surface area contributed by atoms with E-state index < -0.39 is 0 Å². The molecule has 1 atom stereocenters. The van der Waals surface area contributed by atoms with Crippen molar-refractivity contribution in [2.45, 2.75) is 46.5 Å². The number of hydrogen-bond donors (Lipinski definition) is 0. The van der Waals surface area contributed by atoms with Gasteiger partial charge >= 0.3 is 0 Å². The van der Waals surface area contributed by atoms with Crippen LogP contribution in [-0.4, -0.2) is 6.29 Å². The van der Waals surface area contributed by atoms with Crippen LogP contribution in [0.3, 0.4) is 0 Å². The third-order valence-corrected chi connectivity index (χ3v) is 2.73. The molecule has 0 N–H and O–H groups in total. The summed E-state index contributed by atoms with van der Waals surface area (Å²) in [5.74, 6) is 0. The molecule has 0 spiro atoms. The number of allylic oxidation sites excluding steroid dienone is 3. The van der Waals surface area contributed by atoms with Crippen molar-refractivity contribution in [1.82, 2.24) is 0 Å². The highest BCUT2D eigenvalue weighted by Gasteiger charge is 2.18. The fraction of sp³-hybridized carbons (Fsp3) is 0.615. The Labute approximate surface area is 87.9 Å². The standard InChI is InChI=1S/C13H21O/c1-5-12(3)8-7-9-13(4,6-2)10-11-14/h6,8H,2,5,7,9-10H2,1,3-4H3/b12-8-. The molecule has 0 aliphatic heterocycles. The minimum Gasteiger partial charge on any atom is -0.291 e. The molecular weight excluding hydrogens is 172 g/mol. The highest BCUT2D eigenvalue weighted by atomic mass is 16.1. The van der Waals surface area contributed by atoms with Crippen molar-refractivity contribution in [2.75, 3.05) is 0 Å². The van der Waals surface area contributed by atoms with Gasteiger partial charge in [0, 0.05) is 6.42 Å². The molecule has 0 aromatic carbocycles. The Balaban J connectivity index is 4.07. The van der Waals surface area contributed by atoms with Gasteiger partial charge in [0.05, 0.1) is 0 Å². The lowest BCUT2D eigenvalue weighted by atomic mass is 9.82. The van der Waals surface area contributed by atoms with E-state index in [4.69, 9.17) is 0 Å². The third kappa shape index (κ3) is 5.00. The fourth-order valence-electron chi connectivity index (χ4n) is 1.22. The number of rotatable bonds is 7. The van der Waals surface area contributed by atoms with E-state index in [0.717, 1.165) is 19.3 Å². The van der Waals surface area contributed by atoms with Gasteiger partial charge in [-0.25, -0.2) is 0 Å². The summed E-state index contributed by atoms with van der Waals surface area (Å²) in [6.07, 6.45) is 9.63. The summed E-state index contributed by atoms with van der Waals surface area (Å²) in [6.45, 7) is 10.1. The quantitative estimate of drug-likeness (QED) is 0.562. The van der Waals surface area contributed by atoms with E-state index in [1.54, 1.807) is 0 Å². The maximum atomic E-state index is 10.3. The average molecular weight is 193 g/mol. The number of hydrogen-bond acceptors (Lipinski definition) is 1. The van der Waals surface area contributed by atoms with Gasteiger partial charge in [-0.3, -0.25) is 4.79 Å². The van der Waals surface area contributed by atoms with E-state index in [0.29, 0.717) is 6.42 Å². The van der Waals surface area contributed by atoms with Crippen LogP contribution in [0.25, 0.3) is 0 Å². The van der Waals surface area contributed by atoms with Crippen molar-refractivity contribution >= 4 is 6.29 Å². The molecule has 0 bridgehead atoms. The summed E-state index contributed by atoms with van der Waals surface area (Å²) in [4.78, 5) is 10.3. The van der Waals surface area contributed by atoms with E-state index in [-0.39, 0.29) is 5.41 Å². The zero-order chi connectivity index (χ0) is 11.0. The molecule has 14 heavy (non-hydrogen) atoms. The average Bonchev–Trinajstić information content (AvgIpc) is 2.18. The highest BCUT2D eigenvalue weighted by Crippen LogP contribution is 2.28. The summed E-state index contributed by atoms with van der Waals surface area (Å²) in [5.41, 5.74) is 1.33. The van der Waals surface area contributed by atoms with Gasteiger partial charge in [0.15, 0.2) is 6.29 Å². The summed E-state index contributed by atoms with van der Waals surface area (Å²) in [7, 11) is 0. The van der Waals surface area contributed by atoms with Crippen molar-refractivity contribution < 1.29 is 4.79 Å². The topological polar surface area (TPSA) is 17.1 Å². The Bertz CT molecular complexity index is 215. The van der Waals surface area contributed by atoms with Gasteiger partial charge in [-0.05, 0) is 31.6 Å². The molecule has 0 heterocycles. The monoisotopic (exact) mass is 193 g/mol. The van der Waals surface area contributed by atoms with Crippen LogP contribution in [0.15, 0.2) is 24.3 Å². The second-order valence-corrected chi connectivity index (χ2v) is 4.12. The van der Waals surface area contributed by atoms with Crippen LogP contribution < -0.4 is 0 Å². The van der Waals surface area contributed by atoms with E-state index >= 15 is 0 Å². The molecule has 1 radical (unpaired) electrons. The van der Waals surface area contributed by atoms with Crippen LogP contribution in [-0.2, 0) is 4.79 Å². The second-order valence-electron chi connectivity index (χ2n) is 4.12. The molecule has 0 aromatic rings. The minimum absolute atomic E-state index is 0.0771. The Kier molecular flexibility index (Phi) is 6.18. The van der Waals surface area contributed by atoms with Crippen LogP contribution in [0, 0.1) is 5.41 Å². The lowest BCUT2D eigenvalue weighted by Crippen LogP contribution is -2.12. The SMILES string of the molecule is C=CC(C)(C[C]=O)CC/C=C(/C)CC. The van der Waals surface area contributed by atoms with Gasteiger partial charge in [-0.15, -0.1) is 6.58 Å². The molecule has 1 unspecified atom stereocenters. The molecule has 1 heteroatoms. The van der Waals surface area contributed by atoms with E-state index in [1.165, 1.54) is 5.57 Å². The van der Waals surface area contributed by atoms with Crippen molar-refractivity contribution in [3.05, 3.63) is 24.3 Å². The normalized spacial score (nSPS) is 16.1. The second kappa shape index (κ2) is 6.58. The zero-order valence-corrected chi connectivity index (χ0v) is 9.60. The first kappa shape index (κ1) is 13.2. The van der Waals surface area contributed by atoms with Crippen molar-refractivity contribution in [3.63, 3.8) is 0 Å². The first-order valence-corrected chi connectivity index (χ1v) is 5.22. The molecular formula is C13H21O. The lowest BCUT2D eigenvalue weighted by molar-refractivity contribution is 0.400. The van der Waals surface area contributed by atoms with Crippen molar-refractivity contribution in [1.29, 1.82) is 0 Å². The molecule has 79 valence electrons. The van der Waals surface area contributed by atoms with Crippen LogP contribution in [0.5, 0.6) is 0 Å². The highest BCUT2D eigenvalue weighted by molar-refractivity contribution is 5.52. The maximum absolute atomic E-state index is 10.3. The van der Waals surface area contributed by atoms with Crippen molar-refractivity contribution in [2.24, 2.45) is 5.41 Å². The van der Waals surface area contributed by atoms with Crippen LogP contribution in [0.1, 0.15) is 46.5 Å². The zero-order valence-electron chi connectivity index (χ0n) is 9.60. The third-order valence-electron chi connectivity index (χ3n) is 2.73. The molecule has 0 aromatic heterocycles. The Hall–Kier alpha value is -0.850. The van der Waals surface area contributed by atoms with E-state index in [1.807, 2.05) is 12.4 Å². The minimum atomic E-state index is -0.0771. The summed E-state index contributed by atoms with van der Waals surface area (Å²) in [5, 5.41) is 0. The largest absolute Gasteiger partial charge is 0.291 e. The van der Waals surface area contributed by atoms with Gasteiger partial charge in [0.25, 0.3) is 0 Å². The van der Waals surface area contributed by atoms with Gasteiger partial charge in [-0.1, -0.05) is 31.6 Å². The molecule has 0 amide bonds. The molecule has 0 aliphatic rings. The predicted octanol–water partition coefficient (Wildman–Crippen LogP) is 3.82. The predicted molar refractivity (Wildman–Crippen MR) is 61.9 cm³/mol. The maximum Gasteiger partial charge on any atom is 0.199 e. The molecule has 0 saturated carbocycles. The lowest BCUT2D eigenvalue weighted by Gasteiger charge is -2.21. The molecule has 0 rings (SSSR count). The van der Waals surface area contributed by atoms with Gasteiger partial charge in [0.1, 0.15) is 0 Å². The molecule has 0 fully saturated rings. The first-order chi connectivity index (χ1) is 6.58. The fourth-order valence-corrected chi connectivity index (χ4v) is 1.22. The Morgan fingerprint density at radius 3 is 2.64 bits per heavy atom. The number of carbonyl (C=O) groups excluding carboxylic acids is 1. The first-order valence-electron chi connectivity index (χ1n) is 5.22. The van der Waals surface area contributed by atoms with Gasteiger partial charge in [0.2, 0.25) is 0 Å².